The molecule has 1 aromatic carbocycles. The van der Waals surface area contributed by atoms with Gasteiger partial charge in [-0.1, -0.05) is 0 Å². The van der Waals surface area contributed by atoms with Crippen LogP contribution in [0, 0.1) is 23.3 Å². The summed E-state index contributed by atoms with van der Waals surface area (Å²) in [6.45, 7) is 0. The maximum absolute atomic E-state index is 12.6. The van der Waals surface area contributed by atoms with Crippen LogP contribution in [0.3, 0.4) is 0 Å². The van der Waals surface area contributed by atoms with Crippen LogP contribution in [0.15, 0.2) is 6.07 Å². The van der Waals surface area contributed by atoms with Crippen molar-refractivity contribution >= 4 is 6.22 Å². The smallest absolute Gasteiger partial charge is 0.395 e. The number of carbonyl (C=O) groups excluding carboxylic acids is 1. The average Bonchev–Trinajstić information content (AvgIpc) is 2.09. The van der Waals surface area contributed by atoms with Crippen LogP contribution in [0.5, 0.6) is 5.75 Å². The van der Waals surface area contributed by atoms with Crippen molar-refractivity contribution in [3.8, 4) is 5.75 Å². The molecule has 0 aliphatic heterocycles. The highest BCUT2D eigenvalue weighted by Gasteiger charge is 2.22. The van der Waals surface area contributed by atoms with Crippen LogP contribution in [-0.4, -0.2) is 6.22 Å². The van der Waals surface area contributed by atoms with E-state index in [0.29, 0.717) is 0 Å². The summed E-state index contributed by atoms with van der Waals surface area (Å²) in [6.07, 6.45) is -2.58. The van der Waals surface area contributed by atoms with E-state index in [2.05, 4.69) is 4.74 Å². The van der Waals surface area contributed by atoms with E-state index in [0.717, 1.165) is 0 Å². The standard InChI is InChI=1S/C7HF5O2/c8-2-1-3(9)5(11)6(4(2)10)14-7(12)13/h1H. The molecule has 0 amide bonds. The number of hydrogen-bond donors (Lipinski definition) is 0. The van der Waals surface area contributed by atoms with E-state index in [4.69, 9.17) is 0 Å². The van der Waals surface area contributed by atoms with Crippen LogP contribution in [0.2, 0.25) is 0 Å². The van der Waals surface area contributed by atoms with Crippen molar-refractivity contribution in [3.05, 3.63) is 29.3 Å². The van der Waals surface area contributed by atoms with Crippen LogP contribution in [0.25, 0.3) is 0 Å². The number of halogens is 5. The molecule has 1 aromatic rings. The van der Waals surface area contributed by atoms with Gasteiger partial charge in [-0.25, -0.2) is 13.6 Å². The van der Waals surface area contributed by atoms with Crippen LogP contribution < -0.4 is 4.74 Å². The molecule has 0 N–H and O–H groups in total. The number of ether oxygens (including phenoxy) is 1. The summed E-state index contributed by atoms with van der Waals surface area (Å²) in [5.74, 6) is -9.28. The third-order valence-corrected chi connectivity index (χ3v) is 1.25. The van der Waals surface area contributed by atoms with Gasteiger partial charge in [0.15, 0.2) is 11.6 Å². The molecule has 7 heteroatoms. The lowest BCUT2D eigenvalue weighted by Crippen LogP contribution is -2.05. The highest BCUT2D eigenvalue weighted by molar-refractivity contribution is 5.62. The molecule has 0 spiro atoms. The third kappa shape index (κ3) is 1.81. The van der Waals surface area contributed by atoms with Gasteiger partial charge in [0, 0.05) is 6.07 Å². The third-order valence-electron chi connectivity index (χ3n) is 1.25. The van der Waals surface area contributed by atoms with Crippen molar-refractivity contribution in [2.75, 3.05) is 0 Å². The van der Waals surface area contributed by atoms with Crippen molar-refractivity contribution in [1.82, 2.24) is 0 Å². The first-order chi connectivity index (χ1) is 6.43. The Bertz CT molecular complexity index is 364. The molecule has 0 saturated carbocycles. The molecule has 14 heavy (non-hydrogen) atoms. The van der Waals surface area contributed by atoms with E-state index < -0.39 is 35.2 Å². The predicted octanol–water partition coefficient (Wildman–Crippen LogP) is 2.71. The zero-order valence-corrected chi connectivity index (χ0v) is 6.28. The molecule has 0 bridgehead atoms. The van der Waals surface area contributed by atoms with Gasteiger partial charge in [-0.15, -0.1) is 4.39 Å². The monoisotopic (exact) mass is 212 g/mol. The SMILES string of the molecule is O=C(F)Oc1c(F)c(F)cc(F)c1F. The Morgan fingerprint density at radius 2 is 1.50 bits per heavy atom. The fourth-order valence-corrected chi connectivity index (χ4v) is 0.721. The Balaban J connectivity index is 3.31. The summed E-state index contributed by atoms with van der Waals surface area (Å²) < 4.78 is 64.8. The minimum absolute atomic E-state index is 0.0970. The van der Waals surface area contributed by atoms with Crippen molar-refractivity contribution in [2.45, 2.75) is 0 Å². The van der Waals surface area contributed by atoms with Gasteiger partial charge in [0.2, 0.25) is 17.4 Å². The lowest BCUT2D eigenvalue weighted by atomic mass is 10.3. The Morgan fingerprint density at radius 1 is 1.07 bits per heavy atom. The lowest BCUT2D eigenvalue weighted by Gasteiger charge is -2.03. The fourth-order valence-electron chi connectivity index (χ4n) is 0.721. The predicted molar refractivity (Wildman–Crippen MR) is 33.4 cm³/mol. The van der Waals surface area contributed by atoms with Gasteiger partial charge >= 0.3 is 6.22 Å². The summed E-state index contributed by atoms with van der Waals surface area (Å²) in [4.78, 5) is 9.67. The molecule has 2 nitrogen and oxygen atoms in total. The largest absolute Gasteiger partial charge is 0.501 e. The molecule has 0 aliphatic rings. The molecule has 0 aromatic heterocycles. The second-order valence-electron chi connectivity index (χ2n) is 2.14. The molecule has 76 valence electrons. The summed E-state index contributed by atoms with van der Waals surface area (Å²) in [5, 5.41) is 0. The first kappa shape index (κ1) is 10.4. The Kier molecular flexibility index (Phi) is 2.68. The zero-order chi connectivity index (χ0) is 10.9. The van der Waals surface area contributed by atoms with E-state index in [1.807, 2.05) is 0 Å². The Hall–Kier alpha value is -1.66. The van der Waals surface area contributed by atoms with E-state index in [1.54, 1.807) is 0 Å². The second kappa shape index (κ2) is 3.60. The molecule has 1 rings (SSSR count). The molecule has 0 aliphatic carbocycles. The van der Waals surface area contributed by atoms with Crippen LogP contribution in [0.1, 0.15) is 0 Å². The first-order valence-electron chi connectivity index (χ1n) is 3.13. The van der Waals surface area contributed by atoms with Crippen LogP contribution >= 0.6 is 0 Å². The highest BCUT2D eigenvalue weighted by Crippen LogP contribution is 2.26. The number of benzene rings is 1. The minimum atomic E-state index is -2.58. The van der Waals surface area contributed by atoms with Crippen molar-refractivity contribution in [3.63, 3.8) is 0 Å². The van der Waals surface area contributed by atoms with E-state index in [-0.39, 0.29) is 6.07 Å². The van der Waals surface area contributed by atoms with Gasteiger partial charge in [-0.2, -0.15) is 8.78 Å². The summed E-state index contributed by atoms with van der Waals surface area (Å²) in [6, 6.07) is -0.0970. The van der Waals surface area contributed by atoms with Gasteiger partial charge in [0.25, 0.3) is 0 Å². The van der Waals surface area contributed by atoms with E-state index in [1.165, 1.54) is 0 Å². The topological polar surface area (TPSA) is 26.3 Å². The Labute approximate surface area is 73.9 Å². The molecule has 0 atom stereocenters. The molecule has 0 saturated heterocycles. The van der Waals surface area contributed by atoms with E-state index in [9.17, 15) is 26.7 Å². The molecular weight excluding hydrogens is 211 g/mol. The second-order valence-corrected chi connectivity index (χ2v) is 2.14. The Morgan fingerprint density at radius 3 is 1.86 bits per heavy atom. The van der Waals surface area contributed by atoms with Gasteiger partial charge in [0.05, 0.1) is 0 Å². The quantitative estimate of drug-likeness (QED) is 0.406. The fraction of sp³-hybridized carbons (Fsp3) is 0. The number of rotatable bonds is 1. The summed E-state index contributed by atoms with van der Waals surface area (Å²) in [7, 11) is 0. The maximum atomic E-state index is 12.6. The lowest BCUT2D eigenvalue weighted by molar-refractivity contribution is 0.170. The first-order valence-corrected chi connectivity index (χ1v) is 3.13. The van der Waals surface area contributed by atoms with Crippen molar-refractivity contribution < 1.29 is 31.5 Å². The van der Waals surface area contributed by atoms with Gasteiger partial charge in [-0.05, 0) is 0 Å². The van der Waals surface area contributed by atoms with Gasteiger partial charge < -0.3 is 4.74 Å². The number of hydrogen-bond acceptors (Lipinski definition) is 2. The molecule has 0 unspecified atom stereocenters. The summed E-state index contributed by atoms with van der Waals surface area (Å²) in [5.41, 5.74) is 0. The van der Waals surface area contributed by atoms with E-state index >= 15 is 0 Å². The van der Waals surface area contributed by atoms with Gasteiger partial charge in [-0.3, -0.25) is 0 Å². The van der Waals surface area contributed by atoms with Crippen LogP contribution in [0.4, 0.5) is 26.7 Å². The summed E-state index contributed by atoms with van der Waals surface area (Å²) >= 11 is 0. The maximum Gasteiger partial charge on any atom is 0.501 e. The van der Waals surface area contributed by atoms with Crippen molar-refractivity contribution in [2.24, 2.45) is 0 Å². The minimum Gasteiger partial charge on any atom is -0.395 e. The normalized spacial score (nSPS) is 10.1. The zero-order valence-electron chi connectivity index (χ0n) is 6.28. The molecular formula is C7HF5O2. The van der Waals surface area contributed by atoms with Crippen molar-refractivity contribution in [1.29, 1.82) is 0 Å². The average molecular weight is 212 g/mol. The van der Waals surface area contributed by atoms with Crippen LogP contribution in [-0.2, 0) is 0 Å². The number of carbonyl (C=O) groups is 1. The van der Waals surface area contributed by atoms with Gasteiger partial charge in [0.1, 0.15) is 0 Å². The molecule has 0 radical (unpaired) electrons. The highest BCUT2D eigenvalue weighted by atomic mass is 19.2. The molecule has 0 heterocycles. The molecule has 0 fully saturated rings.